The number of piperazine rings is 1. The van der Waals surface area contributed by atoms with E-state index in [1.165, 1.54) is 12.1 Å². The van der Waals surface area contributed by atoms with Crippen LogP contribution in [0.5, 0.6) is 0 Å². The third kappa shape index (κ3) is 6.33. The van der Waals surface area contributed by atoms with Crippen molar-refractivity contribution in [3.8, 4) is 0 Å². The number of nitro groups is 1. The number of hydrogen-bond donors (Lipinski definition) is 2. The van der Waals surface area contributed by atoms with E-state index >= 15 is 0 Å². The second kappa shape index (κ2) is 9.22. The molecule has 0 atom stereocenters. The first-order valence-electron chi connectivity index (χ1n) is 8.08. The number of amides is 1. The Bertz CT molecular complexity index is 530. The summed E-state index contributed by atoms with van der Waals surface area (Å²) in [5.41, 5.74) is 0.883. The Kier molecular flexibility index (Phi) is 6.96. The molecule has 23 heavy (non-hydrogen) atoms. The Morgan fingerprint density at radius 1 is 1.35 bits per heavy atom. The van der Waals surface area contributed by atoms with Crippen molar-refractivity contribution in [2.24, 2.45) is 0 Å². The molecule has 0 unspecified atom stereocenters. The number of rotatable bonds is 8. The van der Waals surface area contributed by atoms with Crippen LogP contribution in [0.2, 0.25) is 0 Å². The van der Waals surface area contributed by atoms with E-state index in [0.29, 0.717) is 19.4 Å². The lowest BCUT2D eigenvalue weighted by atomic mass is 10.1. The van der Waals surface area contributed by atoms with Crippen LogP contribution >= 0.6 is 0 Å². The van der Waals surface area contributed by atoms with Crippen LogP contribution < -0.4 is 10.6 Å². The van der Waals surface area contributed by atoms with Gasteiger partial charge < -0.3 is 15.5 Å². The van der Waals surface area contributed by atoms with Gasteiger partial charge in [-0.05, 0) is 24.9 Å². The summed E-state index contributed by atoms with van der Waals surface area (Å²) in [5, 5.41) is 16.9. The summed E-state index contributed by atoms with van der Waals surface area (Å²) in [6, 6.07) is 6.45. The summed E-state index contributed by atoms with van der Waals surface area (Å²) in [5.74, 6) is -0.00295. The van der Waals surface area contributed by atoms with Crippen LogP contribution in [0.25, 0.3) is 0 Å². The van der Waals surface area contributed by atoms with Crippen molar-refractivity contribution in [1.82, 2.24) is 15.5 Å². The van der Waals surface area contributed by atoms with Crippen molar-refractivity contribution in [1.29, 1.82) is 0 Å². The van der Waals surface area contributed by atoms with Gasteiger partial charge in [0.1, 0.15) is 0 Å². The zero-order valence-electron chi connectivity index (χ0n) is 13.3. The molecule has 126 valence electrons. The number of aryl methyl sites for hydroxylation is 1. The topological polar surface area (TPSA) is 87.5 Å². The molecule has 1 heterocycles. The smallest absolute Gasteiger partial charge is 0.269 e. The molecule has 1 aliphatic rings. The first-order valence-corrected chi connectivity index (χ1v) is 8.08. The fourth-order valence-electron chi connectivity index (χ4n) is 2.64. The quantitative estimate of drug-likeness (QED) is 0.423. The minimum Gasteiger partial charge on any atom is -0.356 e. The fourth-order valence-corrected chi connectivity index (χ4v) is 2.64. The molecule has 1 aromatic rings. The fraction of sp³-hybridized carbons (Fsp3) is 0.562. The Morgan fingerprint density at radius 2 is 2.13 bits per heavy atom. The second-order valence-electron chi connectivity index (χ2n) is 5.72. The predicted molar refractivity (Wildman–Crippen MR) is 88.4 cm³/mol. The highest BCUT2D eigenvalue weighted by molar-refractivity contribution is 5.76. The van der Waals surface area contributed by atoms with Gasteiger partial charge in [-0.1, -0.05) is 12.1 Å². The molecule has 7 heteroatoms. The lowest BCUT2D eigenvalue weighted by Crippen LogP contribution is -2.44. The van der Waals surface area contributed by atoms with E-state index in [1.54, 1.807) is 6.07 Å². The highest BCUT2D eigenvalue weighted by Gasteiger charge is 2.09. The molecule has 0 aromatic heterocycles. The molecule has 1 fully saturated rings. The molecule has 0 radical (unpaired) electrons. The molecule has 1 saturated heterocycles. The summed E-state index contributed by atoms with van der Waals surface area (Å²) in [4.78, 5) is 24.5. The number of nitro benzene ring substituents is 1. The standard InChI is InChI=1S/C16H24N4O3/c21-16(18-7-2-10-19-11-8-17-9-12-19)6-5-14-3-1-4-15(13-14)20(22)23/h1,3-4,13,17H,2,5-12H2,(H,18,21). The molecule has 7 nitrogen and oxygen atoms in total. The van der Waals surface area contributed by atoms with Gasteiger partial charge in [0.2, 0.25) is 5.91 Å². The number of nitrogens with zero attached hydrogens (tertiary/aromatic N) is 2. The van der Waals surface area contributed by atoms with Crippen LogP contribution in [0, 0.1) is 10.1 Å². The van der Waals surface area contributed by atoms with Gasteiger partial charge in [0, 0.05) is 51.3 Å². The van der Waals surface area contributed by atoms with Crippen LogP contribution in [0.4, 0.5) is 5.69 Å². The Hall–Kier alpha value is -1.99. The lowest BCUT2D eigenvalue weighted by Gasteiger charge is -2.27. The predicted octanol–water partition coefficient (Wildman–Crippen LogP) is 0.939. The van der Waals surface area contributed by atoms with E-state index in [4.69, 9.17) is 0 Å². The minimum absolute atomic E-state index is 0.00295. The van der Waals surface area contributed by atoms with Crippen molar-refractivity contribution in [2.75, 3.05) is 39.3 Å². The summed E-state index contributed by atoms with van der Waals surface area (Å²) < 4.78 is 0. The first kappa shape index (κ1) is 17.4. The maximum atomic E-state index is 11.8. The number of carbonyl (C=O) groups excluding carboxylic acids is 1. The van der Waals surface area contributed by atoms with Gasteiger partial charge in [-0.25, -0.2) is 0 Å². The Balaban J connectivity index is 1.61. The van der Waals surface area contributed by atoms with E-state index < -0.39 is 4.92 Å². The summed E-state index contributed by atoms with van der Waals surface area (Å²) in [7, 11) is 0. The summed E-state index contributed by atoms with van der Waals surface area (Å²) in [6.45, 7) is 5.90. The van der Waals surface area contributed by atoms with Crippen LogP contribution in [-0.2, 0) is 11.2 Å². The molecule has 1 aromatic carbocycles. The molecule has 2 N–H and O–H groups in total. The van der Waals surface area contributed by atoms with Gasteiger partial charge in [0.05, 0.1) is 4.92 Å². The average molecular weight is 320 g/mol. The molecule has 0 aliphatic carbocycles. The number of non-ortho nitro benzene ring substituents is 1. The molecule has 1 amide bonds. The van der Waals surface area contributed by atoms with Crippen LogP contribution in [0.3, 0.4) is 0 Å². The van der Waals surface area contributed by atoms with Gasteiger partial charge in [0.15, 0.2) is 0 Å². The summed E-state index contributed by atoms with van der Waals surface area (Å²) in [6.07, 6.45) is 1.82. The Morgan fingerprint density at radius 3 is 2.87 bits per heavy atom. The third-order valence-electron chi connectivity index (χ3n) is 3.95. The SMILES string of the molecule is O=C(CCc1cccc([N+](=O)[O-])c1)NCCCN1CCNCC1. The maximum Gasteiger partial charge on any atom is 0.269 e. The lowest BCUT2D eigenvalue weighted by molar-refractivity contribution is -0.384. The normalized spacial score (nSPS) is 15.3. The van der Waals surface area contributed by atoms with Crippen molar-refractivity contribution in [3.05, 3.63) is 39.9 Å². The Labute approximate surface area is 136 Å². The average Bonchev–Trinajstić information content (AvgIpc) is 2.58. The molecule has 2 rings (SSSR count). The zero-order chi connectivity index (χ0) is 16.5. The van der Waals surface area contributed by atoms with E-state index in [9.17, 15) is 14.9 Å². The van der Waals surface area contributed by atoms with E-state index in [2.05, 4.69) is 15.5 Å². The van der Waals surface area contributed by atoms with Crippen LogP contribution in [0.15, 0.2) is 24.3 Å². The second-order valence-corrected chi connectivity index (χ2v) is 5.72. The highest BCUT2D eigenvalue weighted by Crippen LogP contribution is 2.14. The van der Waals surface area contributed by atoms with Gasteiger partial charge in [-0.2, -0.15) is 0 Å². The number of nitrogens with one attached hydrogen (secondary N) is 2. The maximum absolute atomic E-state index is 11.8. The first-order chi connectivity index (χ1) is 11.1. The van der Waals surface area contributed by atoms with Crippen molar-refractivity contribution >= 4 is 11.6 Å². The number of benzene rings is 1. The van der Waals surface area contributed by atoms with E-state index in [1.807, 2.05) is 6.07 Å². The van der Waals surface area contributed by atoms with E-state index in [-0.39, 0.29) is 11.6 Å². The highest BCUT2D eigenvalue weighted by atomic mass is 16.6. The van der Waals surface area contributed by atoms with Crippen molar-refractivity contribution in [2.45, 2.75) is 19.3 Å². The molecular weight excluding hydrogens is 296 g/mol. The minimum atomic E-state index is -0.417. The third-order valence-corrected chi connectivity index (χ3v) is 3.95. The van der Waals surface area contributed by atoms with Crippen molar-refractivity contribution in [3.63, 3.8) is 0 Å². The molecule has 0 saturated carbocycles. The molecule has 0 spiro atoms. The van der Waals surface area contributed by atoms with Gasteiger partial charge in [-0.15, -0.1) is 0 Å². The van der Waals surface area contributed by atoms with Crippen LogP contribution in [-0.4, -0.2) is 55.0 Å². The zero-order valence-corrected chi connectivity index (χ0v) is 13.3. The van der Waals surface area contributed by atoms with Gasteiger partial charge in [-0.3, -0.25) is 14.9 Å². The van der Waals surface area contributed by atoms with E-state index in [0.717, 1.165) is 44.7 Å². The number of hydrogen-bond acceptors (Lipinski definition) is 5. The van der Waals surface area contributed by atoms with Crippen molar-refractivity contribution < 1.29 is 9.72 Å². The molecule has 0 bridgehead atoms. The number of carbonyl (C=O) groups is 1. The summed E-state index contributed by atoms with van der Waals surface area (Å²) >= 11 is 0. The molecule has 1 aliphatic heterocycles. The van der Waals surface area contributed by atoms with Gasteiger partial charge >= 0.3 is 0 Å². The van der Waals surface area contributed by atoms with Crippen LogP contribution in [0.1, 0.15) is 18.4 Å². The monoisotopic (exact) mass is 320 g/mol. The largest absolute Gasteiger partial charge is 0.356 e. The van der Waals surface area contributed by atoms with Gasteiger partial charge in [0.25, 0.3) is 5.69 Å². The molecular formula is C16H24N4O3.